The van der Waals surface area contributed by atoms with E-state index >= 15 is 0 Å². The van der Waals surface area contributed by atoms with Crippen LogP contribution in [0.25, 0.3) is 0 Å². The fourth-order valence-corrected chi connectivity index (χ4v) is 5.30. The number of methoxy groups -OCH3 is 1. The van der Waals surface area contributed by atoms with Crippen molar-refractivity contribution in [3.05, 3.63) is 125 Å². The van der Waals surface area contributed by atoms with Gasteiger partial charge in [-0.1, -0.05) is 54.6 Å². The predicted molar refractivity (Wildman–Crippen MR) is 146 cm³/mol. The van der Waals surface area contributed by atoms with Crippen molar-refractivity contribution in [2.75, 3.05) is 11.4 Å². The molecule has 11 heteroatoms. The Morgan fingerprint density at radius 1 is 0.925 bits per heavy atom. The molecule has 1 amide bonds. The second kappa shape index (κ2) is 12.0. The molecule has 0 heterocycles. The number of alkyl halides is 3. The molecule has 0 aromatic heterocycles. The highest BCUT2D eigenvalue weighted by atomic mass is 32.2. The van der Waals surface area contributed by atoms with Gasteiger partial charge in [-0.25, -0.2) is 13.8 Å². The Labute approximate surface area is 229 Å². The maximum atomic E-state index is 13.9. The van der Waals surface area contributed by atoms with Gasteiger partial charge in [-0.2, -0.15) is 18.3 Å². The van der Waals surface area contributed by atoms with Gasteiger partial charge in [-0.15, -0.1) is 0 Å². The first-order chi connectivity index (χ1) is 19.1. The molecule has 40 heavy (non-hydrogen) atoms. The van der Waals surface area contributed by atoms with Crippen molar-refractivity contribution in [1.29, 1.82) is 0 Å². The third kappa shape index (κ3) is 6.67. The molecule has 0 aliphatic carbocycles. The van der Waals surface area contributed by atoms with E-state index in [1.54, 1.807) is 42.5 Å². The lowest BCUT2D eigenvalue weighted by Gasteiger charge is -2.26. The number of nitrogens with zero attached hydrogens (tertiary/aromatic N) is 2. The first-order valence-corrected chi connectivity index (χ1v) is 13.3. The highest BCUT2D eigenvalue weighted by Gasteiger charge is 2.30. The van der Waals surface area contributed by atoms with Crippen LogP contribution in [0, 0.1) is 0 Å². The molecule has 0 atom stereocenters. The van der Waals surface area contributed by atoms with E-state index < -0.39 is 27.7 Å². The molecule has 0 saturated carbocycles. The quantitative estimate of drug-likeness (QED) is 0.202. The summed E-state index contributed by atoms with van der Waals surface area (Å²) in [6.07, 6.45) is -3.45. The van der Waals surface area contributed by atoms with Gasteiger partial charge in [-0.05, 0) is 59.7 Å². The minimum atomic E-state index is -4.52. The van der Waals surface area contributed by atoms with Crippen LogP contribution in [0.5, 0.6) is 5.75 Å². The van der Waals surface area contributed by atoms with E-state index in [-0.39, 0.29) is 28.3 Å². The lowest BCUT2D eigenvalue weighted by molar-refractivity contribution is -0.137. The summed E-state index contributed by atoms with van der Waals surface area (Å²) in [6.45, 7) is -0.0764. The molecule has 0 aliphatic rings. The smallest absolute Gasteiger partial charge is 0.416 e. The van der Waals surface area contributed by atoms with Gasteiger partial charge in [0, 0.05) is 0 Å². The average Bonchev–Trinajstić information content (AvgIpc) is 2.96. The first kappa shape index (κ1) is 28.4. The fourth-order valence-electron chi connectivity index (χ4n) is 3.83. The van der Waals surface area contributed by atoms with Crippen LogP contribution in [0.2, 0.25) is 0 Å². The molecule has 4 aromatic rings. The van der Waals surface area contributed by atoms with Crippen molar-refractivity contribution in [1.82, 2.24) is 5.43 Å². The largest absolute Gasteiger partial charge is 0.497 e. The summed E-state index contributed by atoms with van der Waals surface area (Å²) >= 11 is 0. The Bertz CT molecular complexity index is 1610. The van der Waals surface area contributed by atoms with Gasteiger partial charge in [0.2, 0.25) is 0 Å². The van der Waals surface area contributed by atoms with E-state index in [9.17, 15) is 26.4 Å². The van der Waals surface area contributed by atoms with Crippen molar-refractivity contribution in [2.24, 2.45) is 5.10 Å². The molecule has 0 bridgehead atoms. The number of amides is 1. The predicted octanol–water partition coefficient (Wildman–Crippen LogP) is 5.87. The lowest BCUT2D eigenvalue weighted by Crippen LogP contribution is -2.33. The van der Waals surface area contributed by atoms with Crippen molar-refractivity contribution >= 4 is 27.8 Å². The van der Waals surface area contributed by atoms with E-state index in [0.717, 1.165) is 22.7 Å². The van der Waals surface area contributed by atoms with Crippen LogP contribution in [0.3, 0.4) is 0 Å². The van der Waals surface area contributed by atoms with Crippen LogP contribution < -0.4 is 14.5 Å². The van der Waals surface area contributed by atoms with E-state index in [0.29, 0.717) is 11.3 Å². The Hall–Kier alpha value is -4.64. The van der Waals surface area contributed by atoms with Crippen LogP contribution in [-0.4, -0.2) is 27.6 Å². The van der Waals surface area contributed by atoms with E-state index in [2.05, 4.69) is 10.5 Å². The number of carbonyl (C=O) groups is 1. The number of carbonyl (C=O) groups excluding carboxylic acids is 1. The zero-order valence-corrected chi connectivity index (χ0v) is 22.0. The summed E-state index contributed by atoms with van der Waals surface area (Å²) < 4.78 is 73.0. The number of halogens is 3. The lowest BCUT2D eigenvalue weighted by atomic mass is 10.1. The molecule has 0 unspecified atom stereocenters. The van der Waals surface area contributed by atoms with Crippen LogP contribution in [-0.2, 0) is 22.7 Å². The van der Waals surface area contributed by atoms with E-state index in [1.807, 2.05) is 0 Å². The summed E-state index contributed by atoms with van der Waals surface area (Å²) in [7, 11) is -2.69. The Balaban J connectivity index is 1.67. The second-order valence-corrected chi connectivity index (χ2v) is 10.4. The number of anilines is 1. The summed E-state index contributed by atoms with van der Waals surface area (Å²) in [5.74, 6) is -0.270. The number of hydrazone groups is 1. The van der Waals surface area contributed by atoms with Crippen molar-refractivity contribution < 1.29 is 31.1 Å². The molecule has 1 N–H and O–H groups in total. The summed E-state index contributed by atoms with van der Waals surface area (Å²) in [5.41, 5.74) is 2.32. The van der Waals surface area contributed by atoms with Gasteiger partial charge in [0.05, 0.1) is 41.6 Å². The number of hydrogen-bond donors (Lipinski definition) is 1. The normalized spacial score (nSPS) is 11.8. The molecule has 0 fully saturated rings. The SMILES string of the molecule is COc1ccc(S(=O)(=O)N(Cc2ccccc2)c2ccccc2C(=O)N/N=C\c2cccc(C(F)(F)F)c2)cc1. The molecule has 0 radical (unpaired) electrons. The van der Waals surface area contributed by atoms with Crippen molar-refractivity contribution in [3.8, 4) is 5.75 Å². The number of hydrogen-bond acceptors (Lipinski definition) is 5. The Kier molecular flexibility index (Phi) is 8.54. The van der Waals surface area contributed by atoms with Crippen molar-refractivity contribution in [2.45, 2.75) is 17.6 Å². The molecule has 4 aromatic carbocycles. The second-order valence-electron chi connectivity index (χ2n) is 8.51. The monoisotopic (exact) mass is 567 g/mol. The highest BCUT2D eigenvalue weighted by molar-refractivity contribution is 7.92. The number of benzene rings is 4. The van der Waals surface area contributed by atoms with Gasteiger partial charge in [0.25, 0.3) is 15.9 Å². The Morgan fingerprint density at radius 2 is 1.60 bits per heavy atom. The number of nitrogens with one attached hydrogen (secondary N) is 1. The minimum Gasteiger partial charge on any atom is -0.497 e. The summed E-state index contributed by atoms with van der Waals surface area (Å²) in [4.78, 5) is 13.1. The number of para-hydroxylation sites is 1. The van der Waals surface area contributed by atoms with Crippen LogP contribution in [0.1, 0.15) is 27.0 Å². The third-order valence-electron chi connectivity index (χ3n) is 5.83. The fraction of sp³-hybridized carbons (Fsp3) is 0.103. The highest BCUT2D eigenvalue weighted by Crippen LogP contribution is 2.31. The first-order valence-electron chi connectivity index (χ1n) is 11.9. The Morgan fingerprint density at radius 3 is 2.27 bits per heavy atom. The summed E-state index contributed by atoms with van der Waals surface area (Å²) in [6, 6.07) is 25.3. The summed E-state index contributed by atoms with van der Waals surface area (Å²) in [5, 5.41) is 3.79. The molecular formula is C29H24F3N3O4S. The van der Waals surface area contributed by atoms with Gasteiger partial charge < -0.3 is 4.74 Å². The minimum absolute atomic E-state index is 0.00305. The molecule has 0 spiro atoms. The topological polar surface area (TPSA) is 88.1 Å². The van der Waals surface area contributed by atoms with Crippen molar-refractivity contribution in [3.63, 3.8) is 0 Å². The van der Waals surface area contributed by atoms with Gasteiger partial charge in [0.15, 0.2) is 0 Å². The number of ether oxygens (including phenoxy) is 1. The van der Waals surface area contributed by atoms with Crippen LogP contribution in [0.4, 0.5) is 18.9 Å². The molecule has 0 aliphatic heterocycles. The maximum Gasteiger partial charge on any atom is 0.416 e. The van der Waals surface area contributed by atoms with E-state index in [1.165, 1.54) is 55.6 Å². The standard InChI is InChI=1S/C29H24F3N3O4S/c1-39-24-14-16-25(17-15-24)40(37,38)35(20-21-8-3-2-4-9-21)27-13-6-5-12-26(27)28(36)34-33-19-22-10-7-11-23(18-22)29(30,31)32/h2-19H,20H2,1H3,(H,34,36)/b33-19-. The molecule has 0 saturated heterocycles. The molecule has 206 valence electrons. The third-order valence-corrected chi connectivity index (χ3v) is 7.60. The van der Waals surface area contributed by atoms with Crippen LogP contribution >= 0.6 is 0 Å². The molecule has 4 rings (SSSR count). The average molecular weight is 568 g/mol. The zero-order chi connectivity index (χ0) is 28.8. The van der Waals surface area contributed by atoms with E-state index in [4.69, 9.17) is 4.74 Å². The number of rotatable bonds is 9. The molecular weight excluding hydrogens is 543 g/mol. The van der Waals surface area contributed by atoms with Gasteiger partial charge >= 0.3 is 6.18 Å². The molecule has 7 nitrogen and oxygen atoms in total. The van der Waals surface area contributed by atoms with Crippen LogP contribution in [0.15, 0.2) is 113 Å². The number of sulfonamides is 1. The zero-order valence-electron chi connectivity index (χ0n) is 21.2. The van der Waals surface area contributed by atoms with Gasteiger partial charge in [-0.3, -0.25) is 9.10 Å². The maximum absolute atomic E-state index is 13.9. The van der Waals surface area contributed by atoms with Gasteiger partial charge in [0.1, 0.15) is 5.75 Å².